The Morgan fingerprint density at radius 2 is 1.64 bits per heavy atom. The fourth-order valence-electron chi connectivity index (χ4n) is 2.01. The van der Waals surface area contributed by atoms with Crippen molar-refractivity contribution >= 4 is 10.0 Å². The van der Waals surface area contributed by atoms with Crippen molar-refractivity contribution in [3.8, 4) is 5.75 Å². The molecule has 0 fully saturated rings. The quantitative estimate of drug-likeness (QED) is 0.853. The van der Waals surface area contributed by atoms with Crippen molar-refractivity contribution in [3.63, 3.8) is 0 Å². The van der Waals surface area contributed by atoms with Gasteiger partial charge in [0.25, 0.3) is 0 Å². The van der Waals surface area contributed by atoms with Crippen LogP contribution >= 0.6 is 0 Å². The predicted molar refractivity (Wildman–Crippen MR) is 86.0 cm³/mol. The van der Waals surface area contributed by atoms with Gasteiger partial charge in [0.15, 0.2) is 0 Å². The maximum Gasteiger partial charge on any atom is 0.242 e. The fourth-order valence-corrected chi connectivity index (χ4v) is 2.91. The van der Waals surface area contributed by atoms with Crippen molar-refractivity contribution in [1.29, 1.82) is 0 Å². The third-order valence-corrected chi connectivity index (χ3v) is 5.10. The molecule has 6 heteroatoms. The summed E-state index contributed by atoms with van der Waals surface area (Å²) in [5.41, 5.74) is 1.99. The van der Waals surface area contributed by atoms with Crippen LogP contribution in [-0.2, 0) is 23.1 Å². The Labute approximate surface area is 131 Å². The molecule has 0 aliphatic carbocycles. The number of hydrogen-bond acceptors (Lipinski definition) is 4. The van der Waals surface area contributed by atoms with Crippen LogP contribution in [0.4, 0.5) is 0 Å². The minimum Gasteiger partial charge on any atom is -0.508 e. The molecule has 0 atom stereocenters. The molecule has 0 aliphatic heterocycles. The topological polar surface area (TPSA) is 69.6 Å². The minimum atomic E-state index is -3.38. The van der Waals surface area contributed by atoms with E-state index in [0.717, 1.165) is 11.1 Å². The van der Waals surface area contributed by atoms with Gasteiger partial charge in [-0.25, -0.2) is 12.7 Å². The van der Waals surface area contributed by atoms with E-state index in [1.54, 1.807) is 42.5 Å². The standard InChI is InChI=1S/C16H20N2O3S/c1-18(2)22(20,21)16-8-6-13(7-9-16)11-17-12-14-4-3-5-15(19)10-14/h3-10,17,19H,11-12H2,1-2H3. The second-order valence-corrected chi connectivity index (χ2v) is 7.36. The van der Waals surface area contributed by atoms with Crippen LogP contribution in [0, 0.1) is 0 Å². The van der Waals surface area contributed by atoms with E-state index in [9.17, 15) is 13.5 Å². The van der Waals surface area contributed by atoms with E-state index >= 15 is 0 Å². The summed E-state index contributed by atoms with van der Waals surface area (Å²) >= 11 is 0. The summed E-state index contributed by atoms with van der Waals surface area (Å²) in [5, 5.41) is 12.6. The number of rotatable bonds is 6. The highest BCUT2D eigenvalue weighted by Crippen LogP contribution is 2.14. The van der Waals surface area contributed by atoms with Crippen LogP contribution in [0.2, 0.25) is 0 Å². The molecular formula is C16H20N2O3S. The highest BCUT2D eigenvalue weighted by atomic mass is 32.2. The summed E-state index contributed by atoms with van der Waals surface area (Å²) < 4.78 is 25.1. The van der Waals surface area contributed by atoms with Gasteiger partial charge in [0.05, 0.1) is 4.90 Å². The Morgan fingerprint density at radius 1 is 1.00 bits per heavy atom. The molecule has 0 amide bonds. The number of aromatic hydroxyl groups is 1. The molecular weight excluding hydrogens is 300 g/mol. The summed E-state index contributed by atoms with van der Waals surface area (Å²) in [4.78, 5) is 0.286. The van der Waals surface area contributed by atoms with Gasteiger partial charge in [0.1, 0.15) is 5.75 Å². The monoisotopic (exact) mass is 320 g/mol. The van der Waals surface area contributed by atoms with Crippen LogP contribution in [0.1, 0.15) is 11.1 Å². The van der Waals surface area contributed by atoms with E-state index in [4.69, 9.17) is 0 Å². The van der Waals surface area contributed by atoms with Crippen molar-refractivity contribution in [2.45, 2.75) is 18.0 Å². The maximum atomic E-state index is 12.0. The SMILES string of the molecule is CN(C)S(=O)(=O)c1ccc(CNCc2cccc(O)c2)cc1. The molecule has 0 saturated carbocycles. The average molecular weight is 320 g/mol. The molecule has 0 heterocycles. The zero-order valence-electron chi connectivity index (χ0n) is 12.7. The van der Waals surface area contributed by atoms with Crippen LogP contribution < -0.4 is 5.32 Å². The first-order valence-corrected chi connectivity index (χ1v) is 8.34. The van der Waals surface area contributed by atoms with E-state index < -0.39 is 10.0 Å². The molecule has 118 valence electrons. The highest BCUT2D eigenvalue weighted by Gasteiger charge is 2.16. The normalized spacial score (nSPS) is 11.8. The Hall–Kier alpha value is -1.89. The number of hydrogen-bond donors (Lipinski definition) is 2. The Balaban J connectivity index is 1.95. The smallest absolute Gasteiger partial charge is 0.242 e. The lowest BCUT2D eigenvalue weighted by atomic mass is 10.2. The molecule has 2 rings (SSSR count). The summed E-state index contributed by atoms with van der Waals surface area (Å²) in [6.45, 7) is 1.25. The van der Waals surface area contributed by atoms with Crippen LogP contribution in [0.3, 0.4) is 0 Å². The summed E-state index contributed by atoms with van der Waals surface area (Å²) in [6.07, 6.45) is 0. The van der Waals surface area contributed by atoms with Gasteiger partial charge in [-0.15, -0.1) is 0 Å². The van der Waals surface area contributed by atoms with Gasteiger partial charge in [-0.2, -0.15) is 0 Å². The molecule has 0 bridgehead atoms. The minimum absolute atomic E-state index is 0.248. The molecule has 5 nitrogen and oxygen atoms in total. The third-order valence-electron chi connectivity index (χ3n) is 3.27. The second kappa shape index (κ2) is 6.91. The molecule has 0 saturated heterocycles. The predicted octanol–water partition coefficient (Wildman–Crippen LogP) is 1.93. The summed E-state index contributed by atoms with van der Waals surface area (Å²) in [6, 6.07) is 13.9. The van der Waals surface area contributed by atoms with Crippen LogP contribution in [-0.4, -0.2) is 31.9 Å². The van der Waals surface area contributed by atoms with Gasteiger partial charge in [-0.05, 0) is 35.4 Å². The molecule has 2 aromatic carbocycles. The van der Waals surface area contributed by atoms with Crippen LogP contribution in [0.15, 0.2) is 53.4 Å². The molecule has 2 N–H and O–H groups in total. The van der Waals surface area contributed by atoms with Crippen molar-refractivity contribution < 1.29 is 13.5 Å². The van der Waals surface area contributed by atoms with Gasteiger partial charge in [0, 0.05) is 27.2 Å². The largest absolute Gasteiger partial charge is 0.508 e. The lowest BCUT2D eigenvalue weighted by Gasteiger charge is -2.12. The molecule has 2 aromatic rings. The van der Waals surface area contributed by atoms with Crippen LogP contribution in [0.25, 0.3) is 0 Å². The first-order valence-electron chi connectivity index (χ1n) is 6.90. The van der Waals surface area contributed by atoms with E-state index in [1.165, 1.54) is 18.4 Å². The van der Waals surface area contributed by atoms with E-state index in [-0.39, 0.29) is 10.6 Å². The zero-order chi connectivity index (χ0) is 16.2. The van der Waals surface area contributed by atoms with Gasteiger partial charge in [0.2, 0.25) is 10.0 Å². The first-order chi connectivity index (χ1) is 10.4. The number of benzene rings is 2. The van der Waals surface area contributed by atoms with Gasteiger partial charge >= 0.3 is 0 Å². The Morgan fingerprint density at radius 3 is 2.23 bits per heavy atom. The number of nitrogens with one attached hydrogen (secondary N) is 1. The van der Waals surface area contributed by atoms with Crippen molar-refractivity contribution in [2.75, 3.05) is 14.1 Å². The maximum absolute atomic E-state index is 12.0. The first kappa shape index (κ1) is 16.5. The van der Waals surface area contributed by atoms with Crippen molar-refractivity contribution in [3.05, 3.63) is 59.7 Å². The number of phenols is 1. The number of sulfonamides is 1. The van der Waals surface area contributed by atoms with Crippen molar-refractivity contribution in [2.24, 2.45) is 0 Å². The summed E-state index contributed by atoms with van der Waals surface area (Å²) in [5.74, 6) is 0.248. The molecule has 0 aromatic heterocycles. The average Bonchev–Trinajstić information content (AvgIpc) is 2.48. The lowest BCUT2D eigenvalue weighted by molar-refractivity contribution is 0.474. The molecule has 22 heavy (non-hydrogen) atoms. The third kappa shape index (κ3) is 4.07. The van der Waals surface area contributed by atoms with E-state index in [0.29, 0.717) is 13.1 Å². The van der Waals surface area contributed by atoms with Gasteiger partial charge in [-0.3, -0.25) is 0 Å². The fraction of sp³-hybridized carbons (Fsp3) is 0.250. The molecule has 0 spiro atoms. The van der Waals surface area contributed by atoms with Crippen LogP contribution in [0.5, 0.6) is 5.75 Å². The lowest BCUT2D eigenvalue weighted by Crippen LogP contribution is -2.22. The number of nitrogens with zero attached hydrogens (tertiary/aromatic N) is 1. The number of phenolic OH excluding ortho intramolecular Hbond substituents is 1. The molecule has 0 aliphatic rings. The van der Waals surface area contributed by atoms with E-state index in [2.05, 4.69) is 5.32 Å². The van der Waals surface area contributed by atoms with Gasteiger partial charge < -0.3 is 10.4 Å². The molecule has 0 unspecified atom stereocenters. The van der Waals surface area contributed by atoms with E-state index in [1.807, 2.05) is 6.07 Å². The van der Waals surface area contributed by atoms with Gasteiger partial charge in [-0.1, -0.05) is 24.3 Å². The Bertz CT molecular complexity index is 725. The zero-order valence-corrected chi connectivity index (χ0v) is 13.5. The summed E-state index contributed by atoms with van der Waals surface area (Å²) in [7, 11) is -0.349. The highest BCUT2D eigenvalue weighted by molar-refractivity contribution is 7.89. The Kier molecular flexibility index (Phi) is 5.18. The molecule has 0 radical (unpaired) electrons. The van der Waals surface area contributed by atoms with Crippen molar-refractivity contribution in [1.82, 2.24) is 9.62 Å². The second-order valence-electron chi connectivity index (χ2n) is 5.20.